The highest BCUT2D eigenvalue weighted by Gasteiger charge is 2.13. The number of nitrogens with zero attached hydrogens (tertiary/aromatic N) is 1. The summed E-state index contributed by atoms with van der Waals surface area (Å²) in [5.74, 6) is 0.725. The number of aliphatic imine (C=N–C) groups is 1. The van der Waals surface area contributed by atoms with Crippen LogP contribution in [0.4, 0.5) is 0 Å². The Kier molecular flexibility index (Phi) is 7.02. The summed E-state index contributed by atoms with van der Waals surface area (Å²) < 4.78 is 0. The van der Waals surface area contributed by atoms with Crippen molar-refractivity contribution in [1.82, 2.24) is 5.32 Å². The van der Waals surface area contributed by atoms with Crippen LogP contribution in [-0.4, -0.2) is 12.1 Å². The molecule has 29 heavy (non-hydrogen) atoms. The predicted octanol–water partition coefficient (Wildman–Crippen LogP) is 6.83. The van der Waals surface area contributed by atoms with Gasteiger partial charge in [0.25, 0.3) is 0 Å². The third kappa shape index (κ3) is 4.66. The van der Waals surface area contributed by atoms with Gasteiger partial charge in [0, 0.05) is 16.0 Å². The van der Waals surface area contributed by atoms with E-state index in [1.165, 1.54) is 16.0 Å². The minimum Gasteiger partial charge on any atom is -0.347 e. The van der Waals surface area contributed by atoms with E-state index in [1.807, 2.05) is 12.2 Å². The number of nitrogens with one attached hydrogen (secondary N) is 1. The number of thioether (sulfide) groups is 1. The summed E-state index contributed by atoms with van der Waals surface area (Å²) in [6.45, 7) is 9.77. The van der Waals surface area contributed by atoms with Crippen LogP contribution >= 0.6 is 24.4 Å². The highest BCUT2D eigenvalue weighted by atomic mass is 32.2. The summed E-state index contributed by atoms with van der Waals surface area (Å²) in [6.07, 6.45) is 13.4. The maximum Gasteiger partial charge on any atom is 0.130 e. The van der Waals surface area contributed by atoms with Gasteiger partial charge in [0.1, 0.15) is 5.84 Å². The van der Waals surface area contributed by atoms with Gasteiger partial charge in [-0.2, -0.15) is 0 Å². The third-order valence-electron chi connectivity index (χ3n) is 4.74. The standard InChI is InChI=1S/C25H24N2S2/c1-5-18-13-14-19(15-24(26-6-2)27-16-18)20-9-7-10-21(17(20)3)22-11-8-12-23(29-4)25(22)28/h5-16,28H,1-2H2,3-4H3,(H,26,27). The summed E-state index contributed by atoms with van der Waals surface area (Å²) in [6, 6.07) is 12.7. The van der Waals surface area contributed by atoms with E-state index in [0.717, 1.165) is 33.0 Å². The van der Waals surface area contributed by atoms with Crippen molar-refractivity contribution in [1.29, 1.82) is 0 Å². The molecule has 146 valence electrons. The van der Waals surface area contributed by atoms with Crippen molar-refractivity contribution in [3.8, 4) is 11.1 Å². The molecule has 0 saturated heterocycles. The summed E-state index contributed by atoms with van der Waals surface area (Å²) in [5, 5.41) is 3.10. The first-order chi connectivity index (χ1) is 14.1. The maximum absolute atomic E-state index is 4.80. The molecule has 0 spiro atoms. The molecule has 1 heterocycles. The Labute approximate surface area is 183 Å². The molecule has 0 atom stereocenters. The van der Waals surface area contributed by atoms with Crippen LogP contribution in [0.25, 0.3) is 16.7 Å². The summed E-state index contributed by atoms with van der Waals surface area (Å²) in [4.78, 5) is 6.69. The first-order valence-electron chi connectivity index (χ1n) is 9.23. The molecule has 0 radical (unpaired) electrons. The predicted molar refractivity (Wildman–Crippen MR) is 132 cm³/mol. The average Bonchev–Trinajstić information content (AvgIpc) is 2.71. The summed E-state index contributed by atoms with van der Waals surface area (Å²) >= 11 is 6.51. The Hall–Kier alpha value is -2.69. The molecule has 1 aliphatic heterocycles. The van der Waals surface area contributed by atoms with Gasteiger partial charge in [-0.1, -0.05) is 61.7 Å². The van der Waals surface area contributed by atoms with Gasteiger partial charge >= 0.3 is 0 Å². The van der Waals surface area contributed by atoms with Crippen LogP contribution in [-0.2, 0) is 0 Å². The minimum atomic E-state index is 0.725. The molecular formula is C25H24N2S2. The van der Waals surface area contributed by atoms with Crippen LogP contribution in [0.15, 0.2) is 107 Å². The molecular weight excluding hydrogens is 392 g/mol. The van der Waals surface area contributed by atoms with E-state index in [0.29, 0.717) is 0 Å². The monoisotopic (exact) mass is 416 g/mol. The van der Waals surface area contributed by atoms with E-state index in [2.05, 4.69) is 79.1 Å². The number of amidine groups is 1. The number of benzene rings is 2. The van der Waals surface area contributed by atoms with Gasteiger partial charge < -0.3 is 5.32 Å². The zero-order valence-electron chi connectivity index (χ0n) is 16.6. The van der Waals surface area contributed by atoms with Gasteiger partial charge in [0.2, 0.25) is 0 Å². The van der Waals surface area contributed by atoms with Gasteiger partial charge in [0.15, 0.2) is 0 Å². The summed E-state index contributed by atoms with van der Waals surface area (Å²) in [5.41, 5.74) is 6.66. The van der Waals surface area contributed by atoms with Gasteiger partial charge in [-0.15, -0.1) is 24.4 Å². The largest absolute Gasteiger partial charge is 0.347 e. The number of rotatable bonds is 5. The lowest BCUT2D eigenvalue weighted by atomic mass is 9.91. The molecule has 0 saturated carbocycles. The third-order valence-corrected chi connectivity index (χ3v) is 6.15. The fourth-order valence-electron chi connectivity index (χ4n) is 3.22. The van der Waals surface area contributed by atoms with Crippen LogP contribution < -0.4 is 5.32 Å². The Morgan fingerprint density at radius 1 is 1.03 bits per heavy atom. The zero-order chi connectivity index (χ0) is 20.8. The fourth-order valence-corrected chi connectivity index (χ4v) is 4.28. The molecule has 4 heteroatoms. The molecule has 0 aliphatic carbocycles. The van der Waals surface area contributed by atoms with Crippen molar-refractivity contribution >= 4 is 35.8 Å². The van der Waals surface area contributed by atoms with E-state index in [9.17, 15) is 0 Å². The fraction of sp³-hybridized carbons (Fsp3) is 0.0800. The second kappa shape index (κ2) is 9.68. The van der Waals surface area contributed by atoms with Crippen molar-refractivity contribution in [3.05, 3.63) is 103 Å². The van der Waals surface area contributed by atoms with E-state index in [1.54, 1.807) is 30.2 Å². The van der Waals surface area contributed by atoms with E-state index in [-0.39, 0.29) is 0 Å². The number of hydrogen-bond acceptors (Lipinski definition) is 4. The maximum atomic E-state index is 4.80. The van der Waals surface area contributed by atoms with Gasteiger partial charge in [-0.25, -0.2) is 4.99 Å². The van der Waals surface area contributed by atoms with Crippen molar-refractivity contribution in [3.63, 3.8) is 0 Å². The topological polar surface area (TPSA) is 24.4 Å². The first-order valence-corrected chi connectivity index (χ1v) is 10.9. The zero-order valence-corrected chi connectivity index (χ0v) is 18.4. The smallest absolute Gasteiger partial charge is 0.130 e. The van der Waals surface area contributed by atoms with Gasteiger partial charge in [-0.3, -0.25) is 0 Å². The minimum absolute atomic E-state index is 0.725. The number of allylic oxidation sites excluding steroid dienone is 5. The molecule has 0 aromatic heterocycles. The van der Waals surface area contributed by atoms with E-state index in [4.69, 9.17) is 12.6 Å². The van der Waals surface area contributed by atoms with Crippen LogP contribution in [0.1, 0.15) is 11.1 Å². The number of hydrogen-bond donors (Lipinski definition) is 2. The van der Waals surface area contributed by atoms with Crippen molar-refractivity contribution in [2.24, 2.45) is 4.99 Å². The molecule has 0 amide bonds. The summed E-state index contributed by atoms with van der Waals surface area (Å²) in [7, 11) is 0. The highest BCUT2D eigenvalue weighted by molar-refractivity contribution is 7.99. The highest BCUT2D eigenvalue weighted by Crippen LogP contribution is 2.37. The van der Waals surface area contributed by atoms with E-state index >= 15 is 0 Å². The van der Waals surface area contributed by atoms with Crippen molar-refractivity contribution in [2.45, 2.75) is 16.7 Å². The molecule has 2 aromatic carbocycles. The molecule has 0 fully saturated rings. The molecule has 0 bridgehead atoms. The van der Waals surface area contributed by atoms with Crippen LogP contribution in [0, 0.1) is 6.92 Å². The lowest BCUT2D eigenvalue weighted by Gasteiger charge is -2.16. The van der Waals surface area contributed by atoms with Crippen LogP contribution in [0.3, 0.4) is 0 Å². The van der Waals surface area contributed by atoms with E-state index < -0.39 is 0 Å². The normalized spacial score (nSPS) is 16.4. The Morgan fingerprint density at radius 2 is 1.76 bits per heavy atom. The molecule has 2 aromatic rings. The van der Waals surface area contributed by atoms with Crippen LogP contribution in [0.5, 0.6) is 0 Å². The van der Waals surface area contributed by atoms with Gasteiger partial charge in [0.05, 0.1) is 0 Å². The SMILES string of the molecule is C=CNC1=N/C=C(C=C)\C=C\C(c2cccc(-c3cccc(SC)c3S)c2C)=C1. The lowest BCUT2D eigenvalue weighted by molar-refractivity contribution is 1.25. The Balaban J connectivity index is 2.15. The first kappa shape index (κ1) is 21.0. The van der Waals surface area contributed by atoms with Crippen molar-refractivity contribution in [2.75, 3.05) is 6.26 Å². The van der Waals surface area contributed by atoms with Crippen molar-refractivity contribution < 1.29 is 0 Å². The Morgan fingerprint density at radius 3 is 2.48 bits per heavy atom. The molecule has 3 rings (SSSR count). The Bertz CT molecular complexity index is 1070. The van der Waals surface area contributed by atoms with Crippen LogP contribution in [0.2, 0.25) is 0 Å². The molecule has 1 N–H and O–H groups in total. The number of thiol groups is 1. The molecule has 0 unspecified atom stereocenters. The van der Waals surface area contributed by atoms with Gasteiger partial charge in [-0.05, 0) is 64.9 Å². The quantitative estimate of drug-likeness (QED) is 0.412. The lowest BCUT2D eigenvalue weighted by Crippen LogP contribution is -2.14. The average molecular weight is 417 g/mol. The second-order valence-electron chi connectivity index (χ2n) is 6.46. The second-order valence-corrected chi connectivity index (χ2v) is 7.76. The molecule has 1 aliphatic rings. The molecule has 2 nitrogen and oxygen atoms in total.